The van der Waals surface area contributed by atoms with Crippen molar-refractivity contribution in [1.29, 1.82) is 0 Å². The van der Waals surface area contributed by atoms with Crippen LogP contribution in [0, 0.1) is 0 Å². The molecule has 1 N–H and O–H groups in total. The summed E-state index contributed by atoms with van der Waals surface area (Å²) < 4.78 is 32.3. The number of furan rings is 1. The maximum absolute atomic E-state index is 12.8. The molecule has 0 saturated heterocycles. The van der Waals surface area contributed by atoms with E-state index in [9.17, 15) is 13.2 Å². The van der Waals surface area contributed by atoms with Gasteiger partial charge in [0.25, 0.3) is 15.9 Å². The van der Waals surface area contributed by atoms with Crippen LogP contribution < -0.4 is 9.62 Å². The summed E-state index contributed by atoms with van der Waals surface area (Å²) in [6, 6.07) is 10.5. The molecule has 0 radical (unpaired) electrons. The molecule has 0 unspecified atom stereocenters. The zero-order valence-corrected chi connectivity index (χ0v) is 14.0. The number of carbonyl (C=O) groups is 1. The molecule has 1 aromatic heterocycles. The van der Waals surface area contributed by atoms with Crippen LogP contribution in [0.2, 0.25) is 0 Å². The Labute approximate surface area is 140 Å². The van der Waals surface area contributed by atoms with E-state index in [1.54, 1.807) is 4.90 Å². The summed E-state index contributed by atoms with van der Waals surface area (Å²) >= 11 is 0. The molecular weight excluding hydrogens is 328 g/mol. The lowest BCUT2D eigenvalue weighted by molar-refractivity contribution is 0.0949. The third-order valence-electron chi connectivity index (χ3n) is 4.38. The zero-order valence-electron chi connectivity index (χ0n) is 13.2. The first-order valence-electron chi connectivity index (χ1n) is 7.99. The number of benzene rings is 1. The fourth-order valence-electron chi connectivity index (χ4n) is 3.05. The second kappa shape index (κ2) is 5.46. The molecule has 1 amide bonds. The van der Waals surface area contributed by atoms with Gasteiger partial charge in [0, 0.05) is 17.8 Å². The fourth-order valence-corrected chi connectivity index (χ4v) is 4.29. The van der Waals surface area contributed by atoms with Crippen molar-refractivity contribution in [2.24, 2.45) is 0 Å². The van der Waals surface area contributed by atoms with Gasteiger partial charge in [0.15, 0.2) is 5.76 Å². The Kier molecular flexibility index (Phi) is 3.51. The molecule has 6 nitrogen and oxygen atoms in total. The van der Waals surface area contributed by atoms with Crippen LogP contribution in [0.15, 0.2) is 45.9 Å². The van der Waals surface area contributed by atoms with E-state index in [1.807, 2.05) is 31.2 Å². The van der Waals surface area contributed by atoms with Crippen LogP contribution in [0.5, 0.6) is 0 Å². The highest BCUT2D eigenvalue weighted by Gasteiger charge is 2.34. The maximum Gasteiger partial charge on any atom is 0.294 e. The van der Waals surface area contributed by atoms with Crippen LogP contribution in [0.3, 0.4) is 0 Å². The molecule has 2 aliphatic rings. The number of sulfonamides is 1. The molecular formula is C17H18N2O4S. The molecule has 1 saturated carbocycles. The van der Waals surface area contributed by atoms with Crippen molar-refractivity contribution in [2.45, 2.75) is 43.4 Å². The van der Waals surface area contributed by atoms with Gasteiger partial charge in [-0.1, -0.05) is 18.2 Å². The third-order valence-corrected chi connectivity index (χ3v) is 5.77. The van der Waals surface area contributed by atoms with E-state index in [2.05, 4.69) is 4.72 Å². The number of nitrogens with one attached hydrogen (secondary N) is 1. The monoisotopic (exact) mass is 346 g/mol. The predicted octanol–water partition coefficient (Wildman–Crippen LogP) is 2.31. The topological polar surface area (TPSA) is 79.6 Å². The molecule has 1 aliphatic heterocycles. The van der Waals surface area contributed by atoms with Crippen LogP contribution in [-0.4, -0.2) is 26.4 Å². The minimum Gasteiger partial charge on any atom is -0.438 e. The zero-order chi connectivity index (χ0) is 16.9. The molecule has 7 heteroatoms. The van der Waals surface area contributed by atoms with Crippen molar-refractivity contribution >= 4 is 21.6 Å². The molecule has 1 aromatic carbocycles. The number of para-hydroxylation sites is 1. The summed E-state index contributed by atoms with van der Waals surface area (Å²) in [7, 11) is -3.69. The average molecular weight is 346 g/mol. The number of anilines is 1. The molecule has 1 fully saturated rings. The maximum atomic E-state index is 12.8. The van der Waals surface area contributed by atoms with E-state index in [-0.39, 0.29) is 28.8 Å². The number of hydrogen-bond donors (Lipinski definition) is 1. The highest BCUT2D eigenvalue weighted by Crippen LogP contribution is 2.33. The van der Waals surface area contributed by atoms with Gasteiger partial charge in [-0.25, -0.2) is 13.1 Å². The Bertz CT molecular complexity index is 899. The highest BCUT2D eigenvalue weighted by atomic mass is 32.2. The number of carbonyl (C=O) groups excluding carboxylic acids is 1. The summed E-state index contributed by atoms with van der Waals surface area (Å²) in [6.45, 7) is 1.97. The van der Waals surface area contributed by atoms with Gasteiger partial charge in [0.2, 0.25) is 5.09 Å². The van der Waals surface area contributed by atoms with E-state index in [0.29, 0.717) is 0 Å². The normalized spacial score (nSPS) is 20.2. The van der Waals surface area contributed by atoms with E-state index >= 15 is 0 Å². The number of rotatable bonds is 4. The Morgan fingerprint density at radius 2 is 1.96 bits per heavy atom. The van der Waals surface area contributed by atoms with Gasteiger partial charge in [0.1, 0.15) is 0 Å². The van der Waals surface area contributed by atoms with Gasteiger partial charge >= 0.3 is 0 Å². The molecule has 24 heavy (non-hydrogen) atoms. The first-order valence-corrected chi connectivity index (χ1v) is 9.47. The molecule has 0 bridgehead atoms. The largest absolute Gasteiger partial charge is 0.438 e. The van der Waals surface area contributed by atoms with Crippen molar-refractivity contribution in [1.82, 2.24) is 4.72 Å². The lowest BCUT2D eigenvalue weighted by atomic mass is 10.1. The fraction of sp³-hybridized carbons (Fsp3) is 0.353. The number of fused-ring (bicyclic) bond motifs is 1. The van der Waals surface area contributed by atoms with Gasteiger partial charge in [-0.3, -0.25) is 4.79 Å². The Balaban J connectivity index is 1.62. The summed E-state index contributed by atoms with van der Waals surface area (Å²) in [6.07, 6.45) is 2.46. The highest BCUT2D eigenvalue weighted by molar-refractivity contribution is 7.89. The Morgan fingerprint density at radius 1 is 1.21 bits per heavy atom. The first kappa shape index (κ1) is 15.4. The van der Waals surface area contributed by atoms with E-state index in [1.165, 1.54) is 12.1 Å². The SMILES string of the molecule is C[C@@H]1Cc2ccccc2N1C(=O)c1ccc(S(=O)(=O)NC2CC2)o1. The molecule has 1 atom stereocenters. The lowest BCUT2D eigenvalue weighted by Gasteiger charge is -2.21. The number of hydrogen-bond acceptors (Lipinski definition) is 4. The van der Waals surface area contributed by atoms with Crippen LogP contribution in [0.25, 0.3) is 0 Å². The number of amides is 1. The smallest absolute Gasteiger partial charge is 0.294 e. The molecule has 1 aliphatic carbocycles. The van der Waals surface area contributed by atoms with Crippen molar-refractivity contribution in [3.05, 3.63) is 47.7 Å². The van der Waals surface area contributed by atoms with Crippen molar-refractivity contribution < 1.29 is 17.6 Å². The van der Waals surface area contributed by atoms with E-state index < -0.39 is 10.0 Å². The average Bonchev–Trinajstić information content (AvgIpc) is 3.09. The van der Waals surface area contributed by atoms with Crippen LogP contribution >= 0.6 is 0 Å². The minimum absolute atomic E-state index is 0.00430. The molecule has 0 spiro atoms. The predicted molar refractivity (Wildman–Crippen MR) is 88.5 cm³/mol. The van der Waals surface area contributed by atoms with E-state index in [4.69, 9.17) is 4.42 Å². The van der Waals surface area contributed by atoms with Gasteiger partial charge in [-0.15, -0.1) is 0 Å². The Hall–Kier alpha value is -2.12. The first-order chi connectivity index (χ1) is 11.5. The van der Waals surface area contributed by atoms with Crippen LogP contribution in [0.1, 0.15) is 35.9 Å². The second-order valence-corrected chi connectivity index (χ2v) is 8.02. The summed E-state index contributed by atoms with van der Waals surface area (Å²) in [4.78, 5) is 14.5. The third kappa shape index (κ3) is 2.63. The molecule has 4 rings (SSSR count). The van der Waals surface area contributed by atoms with Crippen LogP contribution in [0.4, 0.5) is 5.69 Å². The van der Waals surface area contributed by atoms with Crippen molar-refractivity contribution in [2.75, 3.05) is 4.90 Å². The summed E-state index contributed by atoms with van der Waals surface area (Å²) in [5.41, 5.74) is 1.96. The standard InChI is InChI=1S/C17H18N2O4S/c1-11-10-12-4-2-3-5-14(12)19(11)17(20)15-8-9-16(23-15)24(21,22)18-13-6-7-13/h2-5,8-9,11,13,18H,6-7,10H2,1H3/t11-/m1/s1. The quantitative estimate of drug-likeness (QED) is 0.921. The molecule has 126 valence electrons. The lowest BCUT2D eigenvalue weighted by Crippen LogP contribution is -2.35. The Morgan fingerprint density at radius 3 is 2.71 bits per heavy atom. The van der Waals surface area contributed by atoms with Crippen LogP contribution in [-0.2, 0) is 16.4 Å². The molecule has 2 aromatic rings. The van der Waals surface area contributed by atoms with Crippen molar-refractivity contribution in [3.8, 4) is 0 Å². The summed E-state index contributed by atoms with van der Waals surface area (Å²) in [5.74, 6) is -0.282. The van der Waals surface area contributed by atoms with Gasteiger partial charge in [0.05, 0.1) is 0 Å². The van der Waals surface area contributed by atoms with Gasteiger partial charge < -0.3 is 9.32 Å². The summed E-state index contributed by atoms with van der Waals surface area (Å²) in [5, 5.41) is -0.210. The van der Waals surface area contributed by atoms with Crippen molar-refractivity contribution in [3.63, 3.8) is 0 Å². The van der Waals surface area contributed by atoms with Gasteiger partial charge in [-0.2, -0.15) is 0 Å². The number of nitrogens with zero attached hydrogens (tertiary/aromatic N) is 1. The second-order valence-electron chi connectivity index (χ2n) is 6.37. The van der Waals surface area contributed by atoms with E-state index in [0.717, 1.165) is 30.5 Å². The van der Waals surface area contributed by atoms with Gasteiger partial charge in [-0.05, 0) is 49.9 Å². The minimum atomic E-state index is -3.69. The molecule has 2 heterocycles.